The number of aliphatic hydroxyl groups is 1. The summed E-state index contributed by atoms with van der Waals surface area (Å²) in [6.07, 6.45) is 6.08. The fraction of sp³-hybridized carbons (Fsp3) is 0.364. The molecule has 4 N–H and O–H groups in total. The van der Waals surface area contributed by atoms with Gasteiger partial charge in [0.2, 0.25) is 17.8 Å². The first kappa shape index (κ1) is 39.7. The van der Waals surface area contributed by atoms with Crippen molar-refractivity contribution in [3.63, 3.8) is 0 Å². The second kappa shape index (κ2) is 16.0. The molecule has 0 radical (unpaired) electrons. The van der Waals surface area contributed by atoms with Gasteiger partial charge in [-0.3, -0.25) is 39.1 Å². The Kier molecular flexibility index (Phi) is 10.4. The van der Waals surface area contributed by atoms with Crippen molar-refractivity contribution in [2.45, 2.75) is 63.6 Å². The first-order valence-electron chi connectivity index (χ1n) is 20.8. The Balaban J connectivity index is 0.799. The number of aryl methyl sites for hydroxylation is 1. The van der Waals surface area contributed by atoms with Gasteiger partial charge in [0, 0.05) is 62.4 Å². The van der Waals surface area contributed by atoms with E-state index in [-0.39, 0.29) is 36.1 Å². The molecule has 4 amide bonds. The standard InChI is InChI=1S/C44H47N11O6/c1-3-20-53-40(58)31-26-46-43(50-38(31)55(53)34-15-9-27-17-18-44(61,4-2)37(27)48-34)47-28-10-12-29(13-11-28)52-24-22-51(23-25-52)21-6-19-45-32-8-5-7-30-36(32)42(60)54(41(30)59)33-14-16-35(56)49-39(33)57/h3,5,7-13,15,26,33,45,61H,1,4,6,14,16-25H2,2H3,(H,46,47,50)(H,49,56,57). The van der Waals surface area contributed by atoms with Gasteiger partial charge in [0.05, 0.1) is 23.4 Å². The Morgan fingerprint density at radius 3 is 2.52 bits per heavy atom. The van der Waals surface area contributed by atoms with Crippen LogP contribution in [0.3, 0.4) is 0 Å². The van der Waals surface area contributed by atoms with Crippen molar-refractivity contribution in [1.29, 1.82) is 0 Å². The fourth-order valence-corrected chi connectivity index (χ4v) is 8.92. The lowest BCUT2D eigenvalue weighted by Crippen LogP contribution is -2.54. The van der Waals surface area contributed by atoms with Gasteiger partial charge in [0.1, 0.15) is 17.0 Å². The molecule has 2 saturated heterocycles. The summed E-state index contributed by atoms with van der Waals surface area (Å²) in [6.45, 7) is 10.9. The number of aromatic nitrogens is 5. The smallest absolute Gasteiger partial charge is 0.278 e. The van der Waals surface area contributed by atoms with E-state index in [0.717, 1.165) is 67.4 Å². The van der Waals surface area contributed by atoms with Crippen LogP contribution in [0.1, 0.15) is 71.0 Å². The molecule has 4 aliphatic rings. The Morgan fingerprint density at radius 2 is 1.77 bits per heavy atom. The van der Waals surface area contributed by atoms with Crippen molar-refractivity contribution >= 4 is 57.7 Å². The molecule has 61 heavy (non-hydrogen) atoms. The van der Waals surface area contributed by atoms with E-state index < -0.39 is 35.3 Å². The molecule has 9 rings (SSSR count). The minimum absolute atomic E-state index is 0.0734. The van der Waals surface area contributed by atoms with Gasteiger partial charge in [-0.1, -0.05) is 25.1 Å². The van der Waals surface area contributed by atoms with E-state index in [1.165, 1.54) is 10.9 Å². The summed E-state index contributed by atoms with van der Waals surface area (Å²) in [7, 11) is 0. The van der Waals surface area contributed by atoms with Crippen LogP contribution in [0.5, 0.6) is 0 Å². The second-order valence-electron chi connectivity index (χ2n) is 15.9. The predicted molar refractivity (Wildman–Crippen MR) is 228 cm³/mol. The van der Waals surface area contributed by atoms with Gasteiger partial charge in [-0.2, -0.15) is 4.98 Å². The van der Waals surface area contributed by atoms with Crippen LogP contribution in [0, 0.1) is 0 Å². The largest absolute Gasteiger partial charge is 0.384 e. The zero-order valence-electron chi connectivity index (χ0n) is 33.9. The molecule has 0 spiro atoms. The van der Waals surface area contributed by atoms with Gasteiger partial charge in [-0.15, -0.1) is 6.58 Å². The van der Waals surface area contributed by atoms with Gasteiger partial charge >= 0.3 is 0 Å². The molecule has 3 aliphatic heterocycles. The van der Waals surface area contributed by atoms with Crippen LogP contribution < -0.4 is 26.4 Å². The molecule has 5 aromatic rings. The lowest BCUT2D eigenvalue weighted by molar-refractivity contribution is -0.136. The molecule has 2 aromatic carbocycles. The summed E-state index contributed by atoms with van der Waals surface area (Å²) in [5, 5.41) is 20.5. The third-order valence-corrected chi connectivity index (χ3v) is 12.3. The molecule has 3 aromatic heterocycles. The van der Waals surface area contributed by atoms with Gasteiger partial charge in [-0.05, 0) is 86.7 Å². The second-order valence-corrected chi connectivity index (χ2v) is 15.9. The molecule has 0 saturated carbocycles. The molecular weight excluding hydrogens is 779 g/mol. The highest BCUT2D eigenvalue weighted by Crippen LogP contribution is 2.39. The third kappa shape index (κ3) is 7.22. The van der Waals surface area contributed by atoms with Crippen LogP contribution in [0.2, 0.25) is 0 Å². The van der Waals surface area contributed by atoms with E-state index in [0.29, 0.717) is 53.6 Å². The summed E-state index contributed by atoms with van der Waals surface area (Å²) in [5.41, 5.74) is 3.74. The van der Waals surface area contributed by atoms with E-state index in [9.17, 15) is 29.1 Å². The van der Waals surface area contributed by atoms with Crippen LogP contribution in [-0.4, -0.2) is 108 Å². The number of hydrogen-bond donors (Lipinski definition) is 4. The molecule has 17 nitrogen and oxygen atoms in total. The number of allylic oxidation sites excluding steroid dienone is 1. The average Bonchev–Trinajstić information content (AvgIpc) is 3.85. The number of nitrogens with zero attached hydrogens (tertiary/aromatic N) is 8. The highest BCUT2D eigenvalue weighted by atomic mass is 16.3. The van der Waals surface area contributed by atoms with E-state index >= 15 is 0 Å². The molecular formula is C44H47N11O6. The highest BCUT2D eigenvalue weighted by Gasteiger charge is 2.45. The number of fused-ring (bicyclic) bond motifs is 3. The Labute approximate surface area is 351 Å². The Morgan fingerprint density at radius 1 is 0.967 bits per heavy atom. The van der Waals surface area contributed by atoms with Crippen molar-refractivity contribution in [1.82, 2.24) is 39.4 Å². The van der Waals surface area contributed by atoms with E-state index in [1.807, 2.05) is 31.2 Å². The number of hydrogen-bond acceptors (Lipinski definition) is 13. The quantitative estimate of drug-likeness (QED) is 0.0765. The molecule has 2 atom stereocenters. The van der Waals surface area contributed by atoms with Crippen molar-refractivity contribution in [3.8, 4) is 5.82 Å². The normalized spacial score (nSPS) is 20.3. The lowest BCUT2D eigenvalue weighted by atomic mass is 9.98. The molecule has 1 aliphatic carbocycles. The Bertz CT molecular complexity index is 2650. The first-order chi connectivity index (χ1) is 29.6. The topological polar surface area (TPSA) is 200 Å². The number of piperidine rings is 1. The van der Waals surface area contributed by atoms with Crippen molar-refractivity contribution < 1.29 is 24.3 Å². The molecule has 2 fully saturated rings. The summed E-state index contributed by atoms with van der Waals surface area (Å²) < 4.78 is 3.21. The number of imide groups is 2. The van der Waals surface area contributed by atoms with Crippen molar-refractivity contribution in [2.75, 3.05) is 54.8 Å². The van der Waals surface area contributed by atoms with Gasteiger partial charge in [-0.25, -0.2) is 19.3 Å². The van der Waals surface area contributed by atoms with E-state index in [1.54, 1.807) is 29.0 Å². The SMILES string of the molecule is C=CCn1c(=O)c2cnc(Nc3ccc(N4CCN(CCCNc5cccc6c5C(=O)N(C5CCC(=O)NC5=O)C6=O)CC4)cc3)nc2n1-c1ccc2c(n1)C(O)(CC)CC2. The maximum absolute atomic E-state index is 13.5. The third-order valence-electron chi connectivity index (χ3n) is 12.3. The summed E-state index contributed by atoms with van der Waals surface area (Å²) >= 11 is 0. The summed E-state index contributed by atoms with van der Waals surface area (Å²) in [5.74, 6) is -1.27. The minimum atomic E-state index is -1.01. The molecule has 17 heteroatoms. The number of carbonyl (C=O) groups is 4. The van der Waals surface area contributed by atoms with Gasteiger partial charge in [0.25, 0.3) is 17.4 Å². The van der Waals surface area contributed by atoms with Gasteiger partial charge in [0.15, 0.2) is 11.5 Å². The van der Waals surface area contributed by atoms with Gasteiger partial charge < -0.3 is 20.6 Å². The van der Waals surface area contributed by atoms with Crippen LogP contribution >= 0.6 is 0 Å². The van der Waals surface area contributed by atoms with Crippen LogP contribution in [0.4, 0.5) is 23.0 Å². The monoisotopic (exact) mass is 825 g/mol. The molecule has 2 unspecified atom stereocenters. The lowest BCUT2D eigenvalue weighted by Gasteiger charge is -2.36. The predicted octanol–water partition coefficient (Wildman–Crippen LogP) is 3.48. The number of piperazine rings is 1. The average molecular weight is 826 g/mol. The van der Waals surface area contributed by atoms with Crippen molar-refractivity contribution in [2.24, 2.45) is 0 Å². The maximum atomic E-state index is 13.5. The first-order valence-corrected chi connectivity index (χ1v) is 20.8. The van der Waals surface area contributed by atoms with Crippen LogP contribution in [-0.2, 0) is 28.2 Å². The number of amides is 4. The van der Waals surface area contributed by atoms with Crippen molar-refractivity contribution in [3.05, 3.63) is 106 Å². The Hall–Kier alpha value is -6.72. The van der Waals surface area contributed by atoms with E-state index in [4.69, 9.17) is 9.97 Å². The summed E-state index contributed by atoms with van der Waals surface area (Å²) in [4.78, 5) is 84.1. The van der Waals surface area contributed by atoms with Crippen LogP contribution in [0.25, 0.3) is 16.9 Å². The zero-order valence-corrected chi connectivity index (χ0v) is 33.9. The fourth-order valence-electron chi connectivity index (χ4n) is 8.92. The number of nitrogens with one attached hydrogen (secondary N) is 3. The molecule has 0 bridgehead atoms. The number of anilines is 4. The van der Waals surface area contributed by atoms with Crippen LogP contribution in [0.15, 0.2) is 78.2 Å². The number of carbonyl (C=O) groups excluding carboxylic acids is 4. The highest BCUT2D eigenvalue weighted by molar-refractivity contribution is 6.25. The maximum Gasteiger partial charge on any atom is 0.278 e. The molecule has 6 heterocycles. The number of rotatable bonds is 13. The number of pyridine rings is 1. The minimum Gasteiger partial charge on any atom is -0.384 e. The summed E-state index contributed by atoms with van der Waals surface area (Å²) in [6, 6.07) is 16.0. The zero-order chi connectivity index (χ0) is 42.4. The van der Waals surface area contributed by atoms with E-state index in [2.05, 4.69) is 49.4 Å². The molecule has 314 valence electrons. The number of benzene rings is 2.